The molecule has 15 rings (SSSR count). The molecule has 0 fully saturated rings. The van der Waals surface area contributed by atoms with Crippen LogP contribution in [0.2, 0.25) is 0 Å². The first-order chi connectivity index (χ1) is 47.8. The highest BCUT2D eigenvalue weighted by atomic mass is 32.2. The highest BCUT2D eigenvalue weighted by Crippen LogP contribution is 2.38. The molecular weight excluding hydrogens is 1290 g/mol. The summed E-state index contributed by atoms with van der Waals surface area (Å²) in [4.78, 5) is 37.4. The Morgan fingerprint density at radius 2 is 0.778 bits per heavy atom. The summed E-state index contributed by atoms with van der Waals surface area (Å²) >= 11 is 0. The third-order valence-corrected chi connectivity index (χ3v) is 17.8. The van der Waals surface area contributed by atoms with Crippen molar-refractivity contribution in [2.45, 2.75) is 9.79 Å². The Hall–Kier alpha value is -12.5. The molecule has 0 amide bonds. The number of sulfone groups is 1. The molecule has 0 atom stereocenters. The van der Waals surface area contributed by atoms with Crippen LogP contribution >= 0.6 is 0 Å². The number of nitrogens with zero attached hydrogens (tertiary/aromatic N) is 2. The second kappa shape index (κ2) is 29.7. The number of carboxylic acids is 2. The smallest absolute Gasteiger partial charge is 0.339 e. The van der Waals surface area contributed by atoms with E-state index in [1.54, 1.807) is 91.7 Å². The Morgan fingerprint density at radius 3 is 1.15 bits per heavy atom. The number of primary sulfonamides is 1. The van der Waals surface area contributed by atoms with Gasteiger partial charge in [-0.2, -0.15) is 0 Å². The highest BCUT2D eigenvalue weighted by molar-refractivity contribution is 7.90. The number of carboxylic acid groups (broad SMARTS) is 2. The third kappa shape index (κ3) is 16.6. The van der Waals surface area contributed by atoms with Crippen LogP contribution in [0, 0.1) is 5.82 Å². The van der Waals surface area contributed by atoms with Crippen LogP contribution in [0.3, 0.4) is 0 Å². The summed E-state index contributed by atoms with van der Waals surface area (Å²) in [5, 5.41) is 30.7. The lowest BCUT2D eigenvalue weighted by molar-refractivity contribution is 0.0683. The fourth-order valence-electron chi connectivity index (χ4n) is 10.8. The number of aromatic amines is 2. The van der Waals surface area contributed by atoms with Crippen LogP contribution in [0.15, 0.2) is 293 Å². The third-order valence-electron chi connectivity index (χ3n) is 15.7. The van der Waals surface area contributed by atoms with Crippen molar-refractivity contribution in [3.05, 3.63) is 302 Å². The van der Waals surface area contributed by atoms with E-state index in [2.05, 4.69) is 20.0 Å². The van der Waals surface area contributed by atoms with Crippen molar-refractivity contribution in [2.75, 3.05) is 19.3 Å². The number of hydrogen-bond donors (Lipinski definition) is 5. The number of rotatable bonds is 16. The molecule has 0 spiro atoms. The van der Waals surface area contributed by atoms with Gasteiger partial charge in [0.05, 0.1) is 13.1 Å². The predicted molar refractivity (Wildman–Crippen MR) is 385 cm³/mol. The number of aromatic carboxylic acids is 2. The molecule has 0 bridgehead atoms. The fraction of sp³-hybridized carbons (Fsp3) is 0.0380. The van der Waals surface area contributed by atoms with Crippen LogP contribution in [-0.2, 0) is 19.9 Å². The van der Waals surface area contributed by atoms with Gasteiger partial charge < -0.3 is 39.1 Å². The molecule has 0 radical (unpaired) electrons. The zero-order valence-corrected chi connectivity index (χ0v) is 54.3. The molecule has 99 heavy (non-hydrogen) atoms. The van der Waals surface area contributed by atoms with Crippen molar-refractivity contribution < 1.29 is 60.0 Å². The molecule has 0 saturated heterocycles. The Morgan fingerprint density at radius 1 is 0.414 bits per heavy atom. The van der Waals surface area contributed by atoms with E-state index in [0.29, 0.717) is 47.6 Å². The van der Waals surface area contributed by atoms with Crippen LogP contribution in [0.5, 0.6) is 46.0 Å². The quantitative estimate of drug-likeness (QED) is 0.0605. The maximum absolute atomic E-state index is 12.9. The number of allylic oxidation sites excluding steroid dienone is 2. The van der Waals surface area contributed by atoms with E-state index in [-0.39, 0.29) is 38.2 Å². The molecule has 11 aromatic carbocycles. The molecule has 13 aromatic rings. The number of nitrogens with one attached hydrogen (secondary N) is 2. The first-order valence-corrected chi connectivity index (χ1v) is 34.1. The van der Waals surface area contributed by atoms with Gasteiger partial charge in [-0.3, -0.25) is 9.98 Å². The van der Waals surface area contributed by atoms with Gasteiger partial charge in [0.2, 0.25) is 10.0 Å². The summed E-state index contributed by atoms with van der Waals surface area (Å²) in [6.45, 7) is 1.23. The molecule has 6 N–H and O–H groups in total. The predicted octanol–water partition coefficient (Wildman–Crippen LogP) is 17.9. The van der Waals surface area contributed by atoms with Crippen molar-refractivity contribution >= 4 is 87.7 Å². The lowest BCUT2D eigenvalue weighted by Crippen LogP contribution is -2.13. The van der Waals surface area contributed by atoms with Gasteiger partial charge in [0, 0.05) is 43.5 Å². The molecule has 20 heteroatoms. The first-order valence-electron chi connectivity index (χ1n) is 30.7. The van der Waals surface area contributed by atoms with Crippen LogP contribution in [0.1, 0.15) is 31.8 Å². The molecule has 2 aliphatic rings. The van der Waals surface area contributed by atoms with Crippen LogP contribution in [0.25, 0.3) is 65.7 Å². The Balaban J connectivity index is 0.000000126. The van der Waals surface area contributed by atoms with Crippen LogP contribution in [-0.4, -0.2) is 80.7 Å². The van der Waals surface area contributed by atoms with Gasteiger partial charge in [-0.05, 0) is 198 Å². The molecule has 2 aromatic heterocycles. The summed E-state index contributed by atoms with van der Waals surface area (Å²) in [5.41, 5.74) is 6.93. The van der Waals surface area contributed by atoms with E-state index < -0.39 is 31.8 Å². The molecule has 17 nitrogen and oxygen atoms in total. The molecule has 0 aliphatic carbocycles. The van der Waals surface area contributed by atoms with E-state index in [9.17, 15) is 41.0 Å². The monoisotopic (exact) mass is 1350 g/mol. The Labute approximate surface area is 568 Å². The van der Waals surface area contributed by atoms with Crippen molar-refractivity contribution in [3.8, 4) is 68.2 Å². The Bertz CT molecular complexity index is 5350. The van der Waals surface area contributed by atoms with Crippen molar-refractivity contribution in [1.82, 2.24) is 9.97 Å². The number of aromatic nitrogens is 2. The van der Waals surface area contributed by atoms with Gasteiger partial charge in [0.1, 0.15) is 72.7 Å². The summed E-state index contributed by atoms with van der Waals surface area (Å²) in [6, 6.07) is 70.2. The van der Waals surface area contributed by atoms with Crippen LogP contribution in [0.4, 0.5) is 4.39 Å². The molecule has 0 saturated carbocycles. The minimum absolute atomic E-state index is 0.0445. The average molecular weight is 1350 g/mol. The summed E-state index contributed by atoms with van der Waals surface area (Å²) < 4.78 is 84.8. The largest absolute Gasteiger partial charge is 0.478 e. The topological polar surface area (TPSA) is 262 Å². The number of fused-ring (bicyclic) bond motifs is 3. The first kappa shape index (κ1) is 66.5. The molecule has 4 heterocycles. The lowest BCUT2D eigenvalue weighted by Gasteiger charge is -2.12. The molecule has 2 aliphatic heterocycles. The number of halogens is 1. The number of aliphatic imine (C=N–C) groups is 2. The van der Waals surface area contributed by atoms with Crippen molar-refractivity contribution in [1.29, 1.82) is 0 Å². The average Bonchev–Trinajstić information content (AvgIpc) is 1.63. The zero-order valence-electron chi connectivity index (χ0n) is 52.7. The van der Waals surface area contributed by atoms with Gasteiger partial charge in [0.25, 0.3) is 0 Å². The van der Waals surface area contributed by atoms with E-state index >= 15 is 0 Å². The molecular formula is C79H60FN5O12S2. The molecule has 492 valence electrons. The van der Waals surface area contributed by atoms with E-state index in [4.69, 9.17) is 24.1 Å². The van der Waals surface area contributed by atoms with Gasteiger partial charge >= 0.3 is 11.9 Å². The van der Waals surface area contributed by atoms with Gasteiger partial charge in [0.15, 0.2) is 9.84 Å². The minimum Gasteiger partial charge on any atom is -0.478 e. The van der Waals surface area contributed by atoms with Gasteiger partial charge in [-0.1, -0.05) is 127 Å². The number of nitrogens with two attached hydrogens (primary N) is 1. The number of benzene rings is 11. The number of ether oxygens (including phenoxy) is 4. The second-order valence-corrected chi connectivity index (χ2v) is 26.1. The van der Waals surface area contributed by atoms with E-state index in [1.165, 1.54) is 36.6 Å². The fourth-order valence-corrected chi connectivity index (χ4v) is 12.3. The zero-order chi connectivity index (χ0) is 69.0. The minimum atomic E-state index is -3.94. The number of sulfonamides is 1. The maximum atomic E-state index is 12.9. The second-order valence-electron chi connectivity index (χ2n) is 22.6. The number of carbonyl (C=O) groups is 2. The standard InChI is InChI=1S/C21H17NO3S.C21H15NO3.C20H16N2O3S.C17H12FNO3/c1-26(23,24)21-13-17(18-10-11-22-14-18)7-9-20(21)25-19-8-6-15-4-2-3-5-16(15)12-19;23-21(24)19-12-16(17-9-10-22-13-17)6-8-20(19)25-18-7-5-14-3-1-2-4-15(14)11-18;21-26(23,24)20-12-16(17-9-10-22-13-17)6-8-19(20)25-18-7-5-14-3-1-2-4-15(14)11-18;18-13-2-4-14(5-3-13)22-16-6-1-11(9-15(16)17(20)21)12-7-8-19-10-12/h2-14,22H,1H3;1-9,11-13H,10H2,(H,23,24);1-13,22H,(H2,21,23,24);1-7,9-10H,8H2,(H,20,21). The number of H-pyrrole nitrogens is 2. The van der Waals surface area contributed by atoms with E-state index in [0.717, 1.165) is 76.8 Å². The lowest BCUT2D eigenvalue weighted by atomic mass is 10.0. The molecule has 0 unspecified atom stereocenters. The normalized spacial score (nSPS) is 12.3. The van der Waals surface area contributed by atoms with Crippen molar-refractivity contribution in [2.24, 2.45) is 15.1 Å². The number of hydrogen-bond acceptors (Lipinski definition) is 12. The van der Waals surface area contributed by atoms with Crippen LogP contribution < -0.4 is 24.1 Å². The Kier molecular flexibility index (Phi) is 19.9. The van der Waals surface area contributed by atoms with Gasteiger partial charge in [-0.25, -0.2) is 36.0 Å². The SMILES string of the molecule is CS(=O)(=O)c1cc(-c2cc[nH]c2)ccc1Oc1ccc2ccccc2c1.NS(=O)(=O)c1cc(-c2cc[nH]c2)ccc1Oc1ccc2ccccc2c1.O=C(O)c1cc(C2=CCN=C2)ccc1Oc1ccc(F)cc1.O=C(O)c1cc(C2=CCN=C2)ccc1Oc1ccc2ccccc2c1. The maximum Gasteiger partial charge on any atom is 0.339 e. The summed E-state index contributed by atoms with van der Waals surface area (Å²) in [7, 11) is -7.39. The highest BCUT2D eigenvalue weighted by Gasteiger charge is 2.21. The van der Waals surface area contributed by atoms with Crippen molar-refractivity contribution in [3.63, 3.8) is 0 Å². The summed E-state index contributed by atoms with van der Waals surface area (Å²) in [6.07, 6.45) is 15.7. The van der Waals surface area contributed by atoms with Gasteiger partial charge in [-0.15, -0.1) is 0 Å². The van der Waals surface area contributed by atoms with E-state index in [1.807, 2.05) is 164 Å². The summed E-state index contributed by atoms with van der Waals surface area (Å²) in [5.74, 6) is 0.681.